The molecule has 2 aromatic carbocycles. The Balaban J connectivity index is 1.34. The molecule has 1 aromatic heterocycles. The first-order valence-electron chi connectivity index (χ1n) is 16.2. The van der Waals surface area contributed by atoms with Gasteiger partial charge in [-0.15, -0.1) is 0 Å². The van der Waals surface area contributed by atoms with Gasteiger partial charge in [0, 0.05) is 41.3 Å². The predicted octanol–water partition coefficient (Wildman–Crippen LogP) is 4.23. The number of nitrogens with zero attached hydrogens (tertiary/aromatic N) is 2. The Bertz CT molecular complexity index is 1710. The van der Waals surface area contributed by atoms with E-state index in [2.05, 4.69) is 5.32 Å². The fourth-order valence-corrected chi connectivity index (χ4v) is 6.87. The van der Waals surface area contributed by atoms with Gasteiger partial charge in [0.15, 0.2) is 0 Å². The van der Waals surface area contributed by atoms with Gasteiger partial charge >= 0.3 is 5.97 Å². The van der Waals surface area contributed by atoms with E-state index in [4.69, 9.17) is 20.2 Å². The van der Waals surface area contributed by atoms with Crippen molar-refractivity contribution in [1.82, 2.24) is 15.2 Å². The molecule has 2 fully saturated rings. The standard InChI is InChI=1S/C36H40N4O7/c1-46-25-14-15-27-29(17-25)38-28(22-10-7-5-8-11-22)19-31(27)47-26-18-30-33(43)39-36(35(37)45)20-24(36)13-9-4-2-3-6-12-23(16-32(41)42)34(44)40(30)21-26/h5,7-11,13-15,17,19,23-24,26,30H,2-4,6,12,16,18,20-21H2,1H3,(H2,37,45)(H,39,43)(H,41,42)/t23-,24-,26-,30+,36-/m1/s1. The van der Waals surface area contributed by atoms with E-state index in [0.29, 0.717) is 42.0 Å². The number of fused-ring (bicyclic) bond motifs is 3. The summed E-state index contributed by atoms with van der Waals surface area (Å²) in [4.78, 5) is 58.7. The van der Waals surface area contributed by atoms with Crippen molar-refractivity contribution < 1.29 is 33.8 Å². The number of methoxy groups -OCH3 is 1. The maximum atomic E-state index is 14.1. The third-order valence-electron chi connectivity index (χ3n) is 9.55. The van der Waals surface area contributed by atoms with Crippen LogP contribution in [0.25, 0.3) is 22.2 Å². The molecule has 0 bridgehead atoms. The smallest absolute Gasteiger partial charge is 0.304 e. The van der Waals surface area contributed by atoms with E-state index in [1.807, 2.05) is 66.7 Å². The molecule has 3 amide bonds. The Morgan fingerprint density at radius 1 is 1.11 bits per heavy atom. The maximum absolute atomic E-state index is 14.1. The number of carbonyl (C=O) groups is 4. The summed E-state index contributed by atoms with van der Waals surface area (Å²) >= 11 is 0. The number of hydrogen-bond acceptors (Lipinski definition) is 7. The number of pyridine rings is 1. The van der Waals surface area contributed by atoms with Crippen LogP contribution in [0.5, 0.6) is 11.5 Å². The van der Waals surface area contributed by atoms with Gasteiger partial charge in [0.25, 0.3) is 0 Å². The van der Waals surface area contributed by atoms with Crippen LogP contribution in [0, 0.1) is 11.8 Å². The summed E-state index contributed by atoms with van der Waals surface area (Å²) < 4.78 is 12.1. The zero-order valence-corrected chi connectivity index (χ0v) is 26.4. The highest BCUT2D eigenvalue weighted by atomic mass is 16.5. The average molecular weight is 641 g/mol. The minimum absolute atomic E-state index is 0.0700. The van der Waals surface area contributed by atoms with E-state index < -0.39 is 47.3 Å². The Morgan fingerprint density at radius 2 is 1.91 bits per heavy atom. The molecule has 11 heteroatoms. The number of rotatable bonds is 7. The van der Waals surface area contributed by atoms with E-state index in [9.17, 15) is 24.3 Å². The van der Waals surface area contributed by atoms with Crippen molar-refractivity contribution in [3.05, 3.63) is 66.7 Å². The summed E-state index contributed by atoms with van der Waals surface area (Å²) in [6.45, 7) is 0.0700. The Labute approximate surface area is 273 Å². The van der Waals surface area contributed by atoms with Crippen LogP contribution >= 0.6 is 0 Å². The van der Waals surface area contributed by atoms with Gasteiger partial charge in [0.1, 0.15) is 29.2 Å². The van der Waals surface area contributed by atoms with Crippen molar-refractivity contribution in [3.63, 3.8) is 0 Å². The van der Waals surface area contributed by atoms with Crippen molar-refractivity contribution in [1.29, 1.82) is 0 Å². The van der Waals surface area contributed by atoms with Crippen molar-refractivity contribution in [2.24, 2.45) is 17.6 Å². The Hall–Kier alpha value is -4.93. The van der Waals surface area contributed by atoms with Crippen LogP contribution in [0.15, 0.2) is 66.7 Å². The fourth-order valence-electron chi connectivity index (χ4n) is 6.87. The Morgan fingerprint density at radius 3 is 2.66 bits per heavy atom. The van der Waals surface area contributed by atoms with E-state index >= 15 is 0 Å². The summed E-state index contributed by atoms with van der Waals surface area (Å²) in [6.07, 6.45) is 7.11. The van der Waals surface area contributed by atoms with E-state index in [1.165, 1.54) is 4.90 Å². The molecule has 3 aliphatic rings. The molecule has 1 saturated heterocycles. The number of carboxylic acids is 1. The minimum atomic E-state index is -1.22. The first-order chi connectivity index (χ1) is 22.7. The molecule has 0 unspecified atom stereocenters. The highest BCUT2D eigenvalue weighted by Gasteiger charge is 2.60. The molecule has 3 aromatic rings. The lowest BCUT2D eigenvalue weighted by atomic mass is 9.95. The minimum Gasteiger partial charge on any atom is -0.497 e. The van der Waals surface area contributed by atoms with Crippen LogP contribution in [0.3, 0.4) is 0 Å². The number of allylic oxidation sites excluding steroid dienone is 1. The summed E-state index contributed by atoms with van der Waals surface area (Å²) in [7, 11) is 1.58. The number of amides is 3. The number of nitrogens with two attached hydrogens (primary N) is 1. The van der Waals surface area contributed by atoms with E-state index in [-0.39, 0.29) is 25.3 Å². The van der Waals surface area contributed by atoms with Crippen molar-refractivity contribution in [3.8, 4) is 22.8 Å². The lowest BCUT2D eigenvalue weighted by Crippen LogP contribution is -2.55. The van der Waals surface area contributed by atoms with Gasteiger partial charge in [-0.2, -0.15) is 0 Å². The third-order valence-corrected chi connectivity index (χ3v) is 9.55. The zero-order chi connectivity index (χ0) is 33.1. The molecular formula is C36H40N4O7. The van der Waals surface area contributed by atoms with Gasteiger partial charge < -0.3 is 30.5 Å². The molecule has 0 spiro atoms. The second-order valence-corrected chi connectivity index (χ2v) is 12.7. The largest absolute Gasteiger partial charge is 0.497 e. The highest BCUT2D eigenvalue weighted by Crippen LogP contribution is 2.45. The predicted molar refractivity (Wildman–Crippen MR) is 174 cm³/mol. The highest BCUT2D eigenvalue weighted by molar-refractivity contribution is 5.97. The number of carbonyl (C=O) groups excluding carboxylic acids is 3. The second-order valence-electron chi connectivity index (χ2n) is 12.7. The molecule has 4 N–H and O–H groups in total. The van der Waals surface area contributed by atoms with Crippen LogP contribution in [0.4, 0.5) is 0 Å². The van der Waals surface area contributed by atoms with Gasteiger partial charge in [-0.3, -0.25) is 19.2 Å². The molecule has 0 radical (unpaired) electrons. The maximum Gasteiger partial charge on any atom is 0.304 e. The molecule has 2 aliphatic heterocycles. The quantitative estimate of drug-likeness (QED) is 0.324. The van der Waals surface area contributed by atoms with Gasteiger partial charge in [0.2, 0.25) is 17.7 Å². The van der Waals surface area contributed by atoms with Gasteiger partial charge in [-0.1, -0.05) is 55.3 Å². The van der Waals surface area contributed by atoms with Crippen LogP contribution in [-0.2, 0) is 19.2 Å². The molecule has 3 heterocycles. The van der Waals surface area contributed by atoms with Crippen molar-refractivity contribution in [2.45, 2.75) is 69.1 Å². The van der Waals surface area contributed by atoms with Crippen molar-refractivity contribution in [2.75, 3.05) is 13.7 Å². The summed E-state index contributed by atoms with van der Waals surface area (Å²) in [5, 5.41) is 13.3. The Kier molecular flexibility index (Phi) is 9.15. The fraction of sp³-hybridized carbons (Fsp3) is 0.417. The number of primary amides is 1. The molecule has 6 rings (SSSR count). The van der Waals surface area contributed by atoms with Crippen LogP contribution in [0.1, 0.15) is 51.4 Å². The number of aromatic nitrogens is 1. The summed E-state index contributed by atoms with van der Waals surface area (Å²) in [6, 6.07) is 16.0. The zero-order valence-electron chi connectivity index (χ0n) is 26.4. The first kappa shape index (κ1) is 32.0. The summed E-state index contributed by atoms with van der Waals surface area (Å²) in [5.74, 6) is -2.44. The molecule has 1 aliphatic carbocycles. The first-order valence-corrected chi connectivity index (χ1v) is 16.2. The molecule has 11 nitrogen and oxygen atoms in total. The molecule has 5 atom stereocenters. The lowest BCUT2D eigenvalue weighted by Gasteiger charge is -2.28. The number of hydrogen-bond donors (Lipinski definition) is 3. The third kappa shape index (κ3) is 6.79. The number of aliphatic carboxylic acids is 1. The van der Waals surface area contributed by atoms with E-state index in [1.54, 1.807) is 7.11 Å². The SMILES string of the molecule is COc1ccc2c(O[C@@H]3C[C@H]4C(=O)N[C@]5(C(N)=O)C[C@H]5C=CCCCCC[C@H](CC(=O)O)C(=O)N4C3)cc(-c3ccccc3)nc2c1. The molecule has 47 heavy (non-hydrogen) atoms. The van der Waals surface area contributed by atoms with Crippen molar-refractivity contribution >= 4 is 34.6 Å². The monoisotopic (exact) mass is 640 g/mol. The summed E-state index contributed by atoms with van der Waals surface area (Å²) in [5.41, 5.74) is 6.81. The number of ether oxygens (including phenoxy) is 2. The molecule has 1 saturated carbocycles. The van der Waals surface area contributed by atoms with Crippen LogP contribution in [0.2, 0.25) is 0 Å². The van der Waals surface area contributed by atoms with Crippen LogP contribution < -0.4 is 20.5 Å². The van der Waals surface area contributed by atoms with Gasteiger partial charge in [-0.05, 0) is 37.8 Å². The lowest BCUT2D eigenvalue weighted by molar-refractivity contribution is -0.147. The number of carboxylic acid groups (broad SMARTS) is 1. The normalized spacial score (nSPS) is 26.4. The topological polar surface area (TPSA) is 161 Å². The average Bonchev–Trinajstić information content (AvgIpc) is 3.60. The number of nitrogens with one attached hydrogen (secondary N) is 1. The molecular weight excluding hydrogens is 600 g/mol. The van der Waals surface area contributed by atoms with Gasteiger partial charge in [-0.25, -0.2) is 4.98 Å². The van der Waals surface area contributed by atoms with Gasteiger partial charge in [0.05, 0.1) is 31.3 Å². The van der Waals surface area contributed by atoms with E-state index in [0.717, 1.165) is 30.2 Å². The number of benzene rings is 2. The molecule has 246 valence electrons. The second kappa shape index (κ2) is 13.4. The van der Waals surface area contributed by atoms with Crippen LogP contribution in [-0.4, -0.2) is 70.0 Å².